The van der Waals surface area contributed by atoms with Crippen molar-refractivity contribution < 1.29 is 14.5 Å². The Balaban J connectivity index is 2.06. The molecule has 0 aromatic heterocycles. The van der Waals surface area contributed by atoms with Gasteiger partial charge in [-0.3, -0.25) is 19.7 Å². The van der Waals surface area contributed by atoms with Gasteiger partial charge >= 0.3 is 0 Å². The van der Waals surface area contributed by atoms with Crippen LogP contribution in [0.3, 0.4) is 0 Å². The third-order valence-corrected chi connectivity index (χ3v) is 6.03. The Labute approximate surface area is 139 Å². The summed E-state index contributed by atoms with van der Waals surface area (Å²) in [4.78, 5) is 37.3. The Hall–Kier alpha value is -2.99. The van der Waals surface area contributed by atoms with Crippen LogP contribution in [0.5, 0.6) is 0 Å². The van der Waals surface area contributed by atoms with Crippen molar-refractivity contribution in [3.05, 3.63) is 91.7 Å². The van der Waals surface area contributed by atoms with Crippen LogP contribution in [0.4, 0.5) is 5.69 Å². The highest BCUT2D eigenvalue weighted by Crippen LogP contribution is 2.48. The molecule has 2 aromatic rings. The van der Waals surface area contributed by atoms with E-state index < -0.39 is 21.6 Å². The fraction of sp³-hybridized carbons (Fsp3) is 0. The van der Waals surface area contributed by atoms with Crippen molar-refractivity contribution in [1.29, 1.82) is 0 Å². The van der Waals surface area contributed by atoms with Crippen LogP contribution in [0.2, 0.25) is 0 Å². The van der Waals surface area contributed by atoms with E-state index in [-0.39, 0.29) is 28.2 Å². The molecule has 6 heteroatoms. The second-order valence-corrected chi connectivity index (χ2v) is 7.30. The van der Waals surface area contributed by atoms with Crippen molar-refractivity contribution in [3.8, 4) is 0 Å². The summed E-state index contributed by atoms with van der Waals surface area (Å²) in [6.07, 6.45) is 3.76. The Morgan fingerprint density at radius 3 is 2.00 bits per heavy atom. The van der Waals surface area contributed by atoms with Gasteiger partial charge in [-0.2, -0.15) is 10.9 Å². The van der Waals surface area contributed by atoms with Crippen LogP contribution in [0.15, 0.2) is 64.3 Å². The van der Waals surface area contributed by atoms with Crippen LogP contribution in [0.1, 0.15) is 31.8 Å². The number of allylic oxidation sites excluding steroid dienone is 2. The number of thiol groups is 1. The highest BCUT2D eigenvalue weighted by Gasteiger charge is 2.37. The van der Waals surface area contributed by atoms with Crippen molar-refractivity contribution >= 4 is 28.1 Å². The Morgan fingerprint density at radius 2 is 1.42 bits per heavy atom. The quantitative estimate of drug-likeness (QED) is 0.439. The number of carbonyl (C=O) groups is 2. The highest BCUT2D eigenvalue weighted by molar-refractivity contribution is 8.22. The number of nitro benzene ring substituents is 1. The van der Waals surface area contributed by atoms with Crippen molar-refractivity contribution in [2.75, 3.05) is 0 Å². The van der Waals surface area contributed by atoms with E-state index in [0.29, 0.717) is 10.5 Å². The maximum Gasteiger partial charge on any atom is 0.281 e. The summed E-state index contributed by atoms with van der Waals surface area (Å²) < 4.78 is 0. The topological polar surface area (TPSA) is 77.3 Å². The van der Waals surface area contributed by atoms with Crippen LogP contribution >= 0.6 is 10.9 Å². The van der Waals surface area contributed by atoms with Crippen molar-refractivity contribution in [2.45, 2.75) is 4.90 Å². The predicted octanol–water partition coefficient (Wildman–Crippen LogP) is 3.77. The molecule has 0 spiro atoms. The first-order chi connectivity index (χ1) is 11.6. The number of hydrogen-bond donors (Lipinski definition) is 1. The molecule has 2 aliphatic rings. The number of ketones is 2. The normalized spacial score (nSPS) is 16.2. The largest absolute Gasteiger partial charge is 0.289 e. The van der Waals surface area contributed by atoms with Gasteiger partial charge < -0.3 is 0 Å². The van der Waals surface area contributed by atoms with Crippen LogP contribution in [0, 0.1) is 10.1 Å². The second kappa shape index (κ2) is 5.28. The summed E-state index contributed by atoms with van der Waals surface area (Å²) in [6, 6.07) is 9.39. The van der Waals surface area contributed by atoms with E-state index in [4.69, 9.17) is 0 Å². The number of hydrogen-bond acceptors (Lipinski definition) is 4. The van der Waals surface area contributed by atoms with Gasteiger partial charge in [0.2, 0.25) is 5.78 Å². The lowest BCUT2D eigenvalue weighted by molar-refractivity contribution is -0.385. The molecular formula is C18H11NO4S. The zero-order valence-electron chi connectivity index (χ0n) is 12.3. The van der Waals surface area contributed by atoms with Gasteiger partial charge in [0.15, 0.2) is 5.78 Å². The molecular weight excluding hydrogens is 326 g/mol. The molecule has 2 aromatic carbocycles. The molecule has 4 rings (SSSR count). The van der Waals surface area contributed by atoms with Gasteiger partial charge in [0.25, 0.3) is 5.69 Å². The lowest BCUT2D eigenvalue weighted by atomic mass is 9.83. The maximum atomic E-state index is 13.0. The minimum atomic E-state index is -0.878. The monoisotopic (exact) mass is 337 g/mol. The van der Waals surface area contributed by atoms with Crippen molar-refractivity contribution in [3.63, 3.8) is 0 Å². The van der Waals surface area contributed by atoms with Crippen LogP contribution in [-0.4, -0.2) is 16.5 Å². The lowest BCUT2D eigenvalue weighted by Crippen LogP contribution is -2.23. The average molecular weight is 337 g/mol. The number of benzene rings is 2. The fourth-order valence-electron chi connectivity index (χ4n) is 3.05. The van der Waals surface area contributed by atoms with E-state index in [9.17, 15) is 19.7 Å². The molecule has 1 heterocycles. The van der Waals surface area contributed by atoms with Crippen LogP contribution in [0.25, 0.3) is 0 Å². The minimum absolute atomic E-state index is 0.0857. The zero-order chi connectivity index (χ0) is 16.8. The molecule has 0 bridgehead atoms. The third kappa shape index (κ3) is 1.97. The molecule has 0 saturated carbocycles. The summed E-state index contributed by atoms with van der Waals surface area (Å²) in [6.45, 7) is 0. The average Bonchev–Trinajstić information content (AvgIpc) is 3.12. The number of nitrogens with zero attached hydrogens (tertiary/aromatic N) is 1. The Bertz CT molecular complexity index is 979. The van der Waals surface area contributed by atoms with Gasteiger partial charge in [0, 0.05) is 22.1 Å². The first-order valence-corrected chi connectivity index (χ1v) is 8.71. The van der Waals surface area contributed by atoms with Crippen LogP contribution in [-0.2, 0) is 0 Å². The van der Waals surface area contributed by atoms with Gasteiger partial charge in [0.05, 0.1) is 10.5 Å². The van der Waals surface area contributed by atoms with E-state index in [1.54, 1.807) is 24.3 Å². The molecule has 0 atom stereocenters. The molecule has 0 amide bonds. The number of nitro groups is 1. The first kappa shape index (κ1) is 14.6. The lowest BCUT2D eigenvalue weighted by Gasteiger charge is -2.22. The van der Waals surface area contributed by atoms with Gasteiger partial charge in [-0.15, -0.1) is 0 Å². The Morgan fingerprint density at radius 1 is 0.833 bits per heavy atom. The summed E-state index contributed by atoms with van der Waals surface area (Å²) in [5.74, 6) is -0.786. The molecule has 5 nitrogen and oxygen atoms in total. The molecule has 0 fully saturated rings. The van der Waals surface area contributed by atoms with E-state index in [0.717, 1.165) is 0 Å². The van der Waals surface area contributed by atoms with E-state index in [2.05, 4.69) is 0 Å². The molecule has 0 N–H and O–H groups in total. The fourth-order valence-corrected chi connectivity index (χ4v) is 4.76. The number of fused-ring (bicyclic) bond motifs is 2. The van der Waals surface area contributed by atoms with E-state index in [1.807, 2.05) is 23.0 Å². The summed E-state index contributed by atoms with van der Waals surface area (Å²) in [5, 5.41) is 15.3. The summed E-state index contributed by atoms with van der Waals surface area (Å²) >= 11 is 0. The van der Waals surface area contributed by atoms with Gasteiger partial charge in [-0.25, -0.2) is 0 Å². The maximum absolute atomic E-state index is 13.0. The SMILES string of the molecule is O=C1c2ccccc2C(=O)c2c([SH]3C=CC=C3)ccc([N+](=O)[O-])c21. The van der Waals surface area contributed by atoms with Gasteiger partial charge in [0.1, 0.15) is 5.56 Å². The smallest absolute Gasteiger partial charge is 0.281 e. The molecule has 0 radical (unpaired) electrons. The second-order valence-electron chi connectivity index (χ2n) is 5.41. The predicted molar refractivity (Wildman–Crippen MR) is 91.9 cm³/mol. The number of carbonyl (C=O) groups excluding carboxylic acids is 2. The van der Waals surface area contributed by atoms with Gasteiger partial charge in [-0.1, -0.05) is 36.4 Å². The minimum Gasteiger partial charge on any atom is -0.289 e. The third-order valence-electron chi connectivity index (χ3n) is 4.11. The summed E-state index contributed by atoms with van der Waals surface area (Å²) in [5.41, 5.74) is 0.302. The first-order valence-electron chi connectivity index (χ1n) is 7.23. The Kier molecular flexibility index (Phi) is 3.21. The van der Waals surface area contributed by atoms with Gasteiger partial charge in [-0.05, 0) is 16.9 Å². The molecule has 0 unspecified atom stereocenters. The van der Waals surface area contributed by atoms with E-state index in [1.165, 1.54) is 12.1 Å². The van der Waals surface area contributed by atoms with Crippen molar-refractivity contribution in [1.82, 2.24) is 0 Å². The molecule has 24 heavy (non-hydrogen) atoms. The number of rotatable bonds is 2. The molecule has 1 aliphatic carbocycles. The zero-order valence-corrected chi connectivity index (χ0v) is 13.2. The van der Waals surface area contributed by atoms with Crippen molar-refractivity contribution in [2.24, 2.45) is 0 Å². The van der Waals surface area contributed by atoms with Crippen LogP contribution < -0.4 is 0 Å². The van der Waals surface area contributed by atoms with E-state index >= 15 is 0 Å². The molecule has 0 saturated heterocycles. The standard InChI is InChI=1S/C18H11NO4S/c20-17-11-5-1-2-6-12(11)18(21)16-14(24-9-3-4-10-24)8-7-13(15(16)17)19(22)23/h1-10,24H. The summed E-state index contributed by atoms with van der Waals surface area (Å²) in [7, 11) is -0.878. The molecule has 118 valence electrons. The highest BCUT2D eigenvalue weighted by atomic mass is 32.2. The molecule has 1 aliphatic heterocycles.